The number of rotatable bonds is 8. The zero-order valence-corrected chi connectivity index (χ0v) is 17.0. The van der Waals surface area contributed by atoms with Crippen LogP contribution in [0.2, 0.25) is 0 Å². The molecular formula is C18H22N2O5S2. The van der Waals surface area contributed by atoms with Crippen molar-refractivity contribution in [3.8, 4) is 0 Å². The fourth-order valence-corrected chi connectivity index (χ4v) is 4.52. The third-order valence-corrected chi connectivity index (χ3v) is 6.67. The number of ether oxygens (including phenoxy) is 1. The molecule has 0 bridgehead atoms. The molecule has 0 radical (unpaired) electrons. The van der Waals surface area contributed by atoms with Gasteiger partial charge in [-0.05, 0) is 36.6 Å². The van der Waals surface area contributed by atoms with E-state index in [9.17, 15) is 18.0 Å². The van der Waals surface area contributed by atoms with E-state index in [-0.39, 0.29) is 16.7 Å². The van der Waals surface area contributed by atoms with Crippen molar-refractivity contribution in [2.24, 2.45) is 5.92 Å². The highest BCUT2D eigenvalue weighted by Gasteiger charge is 2.22. The summed E-state index contributed by atoms with van der Waals surface area (Å²) in [5.41, 5.74) is 0.631. The smallest absolute Gasteiger partial charge is 0.310 e. The third kappa shape index (κ3) is 5.30. The van der Waals surface area contributed by atoms with Gasteiger partial charge in [-0.15, -0.1) is 11.3 Å². The van der Waals surface area contributed by atoms with E-state index >= 15 is 0 Å². The molecule has 7 nitrogen and oxygen atoms in total. The lowest BCUT2D eigenvalue weighted by atomic mass is 10.1. The summed E-state index contributed by atoms with van der Waals surface area (Å²) >= 11 is 1.11. The Bertz CT molecular complexity index is 894. The van der Waals surface area contributed by atoms with Crippen molar-refractivity contribution < 1.29 is 22.7 Å². The van der Waals surface area contributed by atoms with E-state index in [0.717, 1.165) is 11.3 Å². The van der Waals surface area contributed by atoms with Gasteiger partial charge in [0.25, 0.3) is 15.9 Å². The van der Waals surface area contributed by atoms with Crippen molar-refractivity contribution in [2.45, 2.75) is 18.1 Å². The van der Waals surface area contributed by atoms with Crippen LogP contribution in [-0.2, 0) is 19.6 Å². The Morgan fingerprint density at radius 3 is 2.59 bits per heavy atom. The normalized spacial score (nSPS) is 12.3. The summed E-state index contributed by atoms with van der Waals surface area (Å²) in [6.45, 7) is 4.12. The Morgan fingerprint density at radius 2 is 2.00 bits per heavy atom. The molecule has 1 aromatic carbocycles. The minimum Gasteiger partial charge on any atom is -0.469 e. The van der Waals surface area contributed by atoms with Crippen LogP contribution >= 0.6 is 11.3 Å². The fourth-order valence-electron chi connectivity index (χ4n) is 2.48. The largest absolute Gasteiger partial charge is 0.469 e. The van der Waals surface area contributed by atoms with E-state index in [1.165, 1.54) is 24.1 Å². The Hall–Kier alpha value is -2.39. The van der Waals surface area contributed by atoms with Gasteiger partial charge in [-0.2, -0.15) is 0 Å². The molecule has 0 saturated carbocycles. The molecule has 0 spiro atoms. The molecule has 0 aliphatic carbocycles. The number of sulfonamides is 1. The number of carbonyl (C=O) groups is 2. The molecule has 146 valence electrons. The first-order valence-corrected chi connectivity index (χ1v) is 10.7. The van der Waals surface area contributed by atoms with Crippen molar-refractivity contribution in [1.29, 1.82) is 0 Å². The average Bonchev–Trinajstić information content (AvgIpc) is 3.20. The van der Waals surface area contributed by atoms with Gasteiger partial charge in [0.15, 0.2) is 0 Å². The Labute approximate surface area is 163 Å². The van der Waals surface area contributed by atoms with Gasteiger partial charge < -0.3 is 9.64 Å². The summed E-state index contributed by atoms with van der Waals surface area (Å²) in [7, 11) is -2.38. The molecule has 0 fully saturated rings. The molecule has 0 saturated heterocycles. The van der Waals surface area contributed by atoms with Gasteiger partial charge in [0.05, 0.1) is 13.0 Å². The van der Waals surface area contributed by atoms with E-state index < -0.39 is 21.9 Å². The van der Waals surface area contributed by atoms with Crippen LogP contribution in [0.4, 0.5) is 5.69 Å². The average molecular weight is 411 g/mol. The number of nitrogens with zero attached hydrogens (tertiary/aromatic N) is 1. The fraction of sp³-hybridized carbons (Fsp3) is 0.333. The number of methoxy groups -OCH3 is 1. The van der Waals surface area contributed by atoms with E-state index in [2.05, 4.69) is 4.72 Å². The maximum atomic E-state index is 12.8. The summed E-state index contributed by atoms with van der Waals surface area (Å²) < 4.78 is 32.1. The van der Waals surface area contributed by atoms with Gasteiger partial charge in [-0.25, -0.2) is 8.42 Å². The van der Waals surface area contributed by atoms with Gasteiger partial charge in [0.2, 0.25) is 0 Å². The molecule has 2 aromatic rings. The zero-order chi connectivity index (χ0) is 20.0. The molecule has 1 heterocycles. The zero-order valence-electron chi connectivity index (χ0n) is 15.3. The number of thiophene rings is 1. The van der Waals surface area contributed by atoms with Crippen molar-refractivity contribution in [3.05, 3.63) is 47.3 Å². The quantitative estimate of drug-likeness (QED) is 0.676. The second kappa shape index (κ2) is 9.01. The Kier molecular flexibility index (Phi) is 6.98. The van der Waals surface area contributed by atoms with Crippen molar-refractivity contribution in [1.82, 2.24) is 4.90 Å². The third-order valence-electron chi connectivity index (χ3n) is 3.89. The summed E-state index contributed by atoms with van der Waals surface area (Å²) in [6, 6.07) is 9.44. The van der Waals surface area contributed by atoms with Crippen molar-refractivity contribution in [2.75, 3.05) is 24.9 Å². The summed E-state index contributed by atoms with van der Waals surface area (Å²) in [4.78, 5) is 25.9. The molecule has 1 aromatic heterocycles. The molecule has 1 atom stereocenters. The summed E-state index contributed by atoms with van der Waals surface area (Å²) in [5, 5.41) is 1.68. The van der Waals surface area contributed by atoms with Gasteiger partial charge in [-0.3, -0.25) is 14.3 Å². The lowest BCUT2D eigenvalue weighted by molar-refractivity contribution is -0.145. The lowest BCUT2D eigenvalue weighted by Gasteiger charge is -2.23. The van der Waals surface area contributed by atoms with Gasteiger partial charge in [0, 0.05) is 24.3 Å². The summed E-state index contributed by atoms with van der Waals surface area (Å²) in [5.74, 6) is -1.14. The highest BCUT2D eigenvalue weighted by atomic mass is 32.2. The second-order valence-corrected chi connectivity index (χ2v) is 8.74. The van der Waals surface area contributed by atoms with Crippen LogP contribution in [0.15, 0.2) is 46.0 Å². The molecule has 1 unspecified atom stereocenters. The molecule has 0 aliphatic rings. The van der Waals surface area contributed by atoms with Crippen LogP contribution in [0.1, 0.15) is 24.2 Å². The molecular weight excluding hydrogens is 388 g/mol. The lowest BCUT2D eigenvalue weighted by Crippen LogP contribution is -2.37. The number of nitrogens with one attached hydrogen (secondary N) is 1. The predicted molar refractivity (Wildman–Crippen MR) is 104 cm³/mol. The van der Waals surface area contributed by atoms with E-state index in [4.69, 9.17) is 4.74 Å². The first-order valence-electron chi connectivity index (χ1n) is 8.32. The Balaban J connectivity index is 2.18. The van der Waals surface area contributed by atoms with Crippen molar-refractivity contribution >= 4 is 38.9 Å². The Morgan fingerprint density at radius 1 is 1.26 bits per heavy atom. The first kappa shape index (κ1) is 20.9. The molecule has 27 heavy (non-hydrogen) atoms. The van der Waals surface area contributed by atoms with Crippen LogP contribution in [0.5, 0.6) is 0 Å². The van der Waals surface area contributed by atoms with Crippen LogP contribution in [-0.4, -0.2) is 45.4 Å². The van der Waals surface area contributed by atoms with Crippen LogP contribution in [0.3, 0.4) is 0 Å². The van der Waals surface area contributed by atoms with E-state index in [1.54, 1.807) is 36.6 Å². The number of hydrogen-bond donors (Lipinski definition) is 1. The van der Waals surface area contributed by atoms with Crippen molar-refractivity contribution in [3.63, 3.8) is 0 Å². The molecule has 2 rings (SSSR count). The predicted octanol–water partition coefficient (Wildman–Crippen LogP) is 2.82. The van der Waals surface area contributed by atoms with E-state index in [0.29, 0.717) is 17.8 Å². The maximum Gasteiger partial charge on any atom is 0.310 e. The van der Waals surface area contributed by atoms with E-state index in [1.807, 2.05) is 6.92 Å². The van der Waals surface area contributed by atoms with Crippen LogP contribution in [0, 0.1) is 5.92 Å². The standard InChI is InChI=1S/C18H22N2O5S2/c1-4-20(12-13(2)18(22)25-3)17(21)14-7-5-8-15(11-14)19-27(23,24)16-9-6-10-26-16/h5-11,13,19H,4,12H2,1-3H3. The number of hydrogen-bond acceptors (Lipinski definition) is 6. The summed E-state index contributed by atoms with van der Waals surface area (Å²) in [6.07, 6.45) is 0. The number of amides is 1. The van der Waals surface area contributed by atoms with Crippen LogP contribution in [0.25, 0.3) is 0 Å². The molecule has 1 N–H and O–H groups in total. The minimum atomic E-state index is -3.69. The molecule has 0 aliphatic heterocycles. The highest BCUT2D eigenvalue weighted by molar-refractivity contribution is 7.94. The molecule has 1 amide bonds. The number of anilines is 1. The van der Waals surface area contributed by atoms with Crippen LogP contribution < -0.4 is 4.72 Å². The van der Waals surface area contributed by atoms with Gasteiger partial charge in [-0.1, -0.05) is 19.1 Å². The molecule has 9 heteroatoms. The number of carbonyl (C=O) groups excluding carboxylic acids is 2. The maximum absolute atomic E-state index is 12.8. The van der Waals surface area contributed by atoms with Gasteiger partial charge in [0.1, 0.15) is 4.21 Å². The topological polar surface area (TPSA) is 92.8 Å². The highest BCUT2D eigenvalue weighted by Crippen LogP contribution is 2.21. The number of esters is 1. The van der Waals surface area contributed by atoms with Gasteiger partial charge >= 0.3 is 5.97 Å². The second-order valence-electron chi connectivity index (χ2n) is 5.89. The minimum absolute atomic E-state index is 0.196. The first-order chi connectivity index (χ1) is 12.8. The monoisotopic (exact) mass is 410 g/mol. The number of benzene rings is 1. The SMILES string of the molecule is CCN(CC(C)C(=O)OC)C(=O)c1cccc(NS(=O)(=O)c2cccs2)c1.